The van der Waals surface area contributed by atoms with Gasteiger partial charge in [-0.15, -0.1) is 6.58 Å². The van der Waals surface area contributed by atoms with E-state index in [1.165, 1.54) is 6.26 Å². The standard InChI is InChI=1S/C26H31N3O3S/c1-4-19-17-28(18-19)26(30)29-14-13-24(27-33(3,31)32)25(29)16-20-9-8-11-22(15-20)23-12-7-6-10-21(23)5-2/h4-12,15,19,24-25,27H,1-2,13-14,16-18H2,3H3. The molecule has 0 aliphatic carbocycles. The molecule has 2 heterocycles. The van der Waals surface area contributed by atoms with Crippen LogP contribution in [0, 0.1) is 5.92 Å². The van der Waals surface area contributed by atoms with Crippen molar-refractivity contribution in [3.63, 3.8) is 0 Å². The lowest BCUT2D eigenvalue weighted by atomic mass is 9.94. The van der Waals surface area contributed by atoms with E-state index in [1.807, 2.05) is 52.3 Å². The van der Waals surface area contributed by atoms with Crippen LogP contribution in [-0.2, 0) is 16.4 Å². The number of carbonyl (C=O) groups is 1. The summed E-state index contributed by atoms with van der Waals surface area (Å²) in [5, 5.41) is 0. The Morgan fingerprint density at radius 3 is 2.61 bits per heavy atom. The molecule has 7 heteroatoms. The van der Waals surface area contributed by atoms with Gasteiger partial charge in [0.1, 0.15) is 0 Å². The molecule has 2 aliphatic rings. The highest BCUT2D eigenvalue weighted by Gasteiger charge is 2.42. The van der Waals surface area contributed by atoms with Crippen LogP contribution in [0.25, 0.3) is 17.2 Å². The molecule has 2 saturated heterocycles. The molecule has 2 unspecified atom stereocenters. The van der Waals surface area contributed by atoms with E-state index in [0.29, 0.717) is 38.4 Å². The van der Waals surface area contributed by atoms with Crippen molar-refractivity contribution in [3.05, 3.63) is 78.9 Å². The molecule has 0 saturated carbocycles. The van der Waals surface area contributed by atoms with Crippen molar-refractivity contribution in [2.75, 3.05) is 25.9 Å². The number of rotatable bonds is 7. The number of likely N-dealkylation sites (tertiary alicyclic amines) is 2. The summed E-state index contributed by atoms with van der Waals surface area (Å²) in [6.45, 7) is 9.60. The molecule has 2 fully saturated rings. The van der Waals surface area contributed by atoms with E-state index in [9.17, 15) is 13.2 Å². The van der Waals surface area contributed by atoms with E-state index in [2.05, 4.69) is 36.1 Å². The van der Waals surface area contributed by atoms with Gasteiger partial charge in [0.2, 0.25) is 10.0 Å². The van der Waals surface area contributed by atoms with Gasteiger partial charge in [0.25, 0.3) is 0 Å². The van der Waals surface area contributed by atoms with Crippen molar-refractivity contribution in [3.8, 4) is 11.1 Å². The summed E-state index contributed by atoms with van der Waals surface area (Å²) in [4.78, 5) is 16.9. The van der Waals surface area contributed by atoms with Gasteiger partial charge >= 0.3 is 6.03 Å². The van der Waals surface area contributed by atoms with Gasteiger partial charge in [-0.1, -0.05) is 67.3 Å². The first-order chi connectivity index (χ1) is 15.8. The van der Waals surface area contributed by atoms with Crippen LogP contribution in [0.15, 0.2) is 67.8 Å². The Labute approximate surface area is 196 Å². The van der Waals surface area contributed by atoms with Crippen LogP contribution in [0.1, 0.15) is 17.5 Å². The van der Waals surface area contributed by atoms with Crippen LogP contribution in [0.3, 0.4) is 0 Å². The zero-order valence-corrected chi connectivity index (χ0v) is 19.8. The molecule has 2 aromatic rings. The SMILES string of the molecule is C=Cc1ccccc1-c1cccc(CC2C(NS(C)(=O)=O)CCN2C(=O)N2CC(C=C)C2)c1. The molecule has 6 nitrogen and oxygen atoms in total. The quantitative estimate of drug-likeness (QED) is 0.633. The van der Waals surface area contributed by atoms with Crippen LogP contribution in [0.4, 0.5) is 4.79 Å². The zero-order valence-electron chi connectivity index (χ0n) is 19.0. The van der Waals surface area contributed by atoms with Gasteiger partial charge < -0.3 is 9.80 Å². The third kappa shape index (κ3) is 5.20. The first-order valence-electron chi connectivity index (χ1n) is 11.2. The Bertz CT molecular complexity index is 1150. The zero-order chi connectivity index (χ0) is 23.6. The predicted octanol–water partition coefficient (Wildman–Crippen LogP) is 3.77. The summed E-state index contributed by atoms with van der Waals surface area (Å²) in [5.74, 6) is 0.335. The third-order valence-electron chi connectivity index (χ3n) is 6.53. The molecule has 33 heavy (non-hydrogen) atoms. The van der Waals surface area contributed by atoms with Gasteiger partial charge in [-0.05, 0) is 35.1 Å². The maximum Gasteiger partial charge on any atom is 0.320 e. The van der Waals surface area contributed by atoms with Crippen LogP contribution in [0.5, 0.6) is 0 Å². The number of hydrogen-bond donors (Lipinski definition) is 1. The smallest absolute Gasteiger partial charge is 0.320 e. The molecular formula is C26H31N3O3S. The molecule has 4 rings (SSSR count). The highest BCUT2D eigenvalue weighted by molar-refractivity contribution is 7.88. The summed E-state index contributed by atoms with van der Waals surface area (Å²) < 4.78 is 26.8. The van der Waals surface area contributed by atoms with Crippen molar-refractivity contribution in [2.24, 2.45) is 5.92 Å². The van der Waals surface area contributed by atoms with E-state index in [4.69, 9.17) is 0 Å². The second kappa shape index (κ2) is 9.53. The molecule has 0 bridgehead atoms. The Morgan fingerprint density at radius 2 is 1.91 bits per heavy atom. The van der Waals surface area contributed by atoms with Gasteiger partial charge in [-0.3, -0.25) is 0 Å². The number of urea groups is 1. The van der Waals surface area contributed by atoms with E-state index in [0.717, 1.165) is 22.3 Å². The normalized spacial score (nSPS) is 21.0. The molecule has 2 aromatic carbocycles. The van der Waals surface area contributed by atoms with Gasteiger partial charge in [0, 0.05) is 31.6 Å². The summed E-state index contributed by atoms with van der Waals surface area (Å²) in [7, 11) is -3.39. The molecule has 2 atom stereocenters. The number of carbonyl (C=O) groups excluding carboxylic acids is 1. The minimum Gasteiger partial charge on any atom is -0.323 e. The number of benzene rings is 2. The van der Waals surface area contributed by atoms with Crippen LogP contribution < -0.4 is 4.72 Å². The Hall–Kier alpha value is -2.90. The van der Waals surface area contributed by atoms with Crippen molar-refractivity contribution in [2.45, 2.75) is 24.9 Å². The fraction of sp³-hybridized carbons (Fsp3) is 0.346. The molecule has 0 spiro atoms. The highest BCUT2D eigenvalue weighted by Crippen LogP contribution is 2.29. The Balaban J connectivity index is 1.60. The first-order valence-corrected chi connectivity index (χ1v) is 13.1. The van der Waals surface area contributed by atoms with Gasteiger partial charge in [-0.25, -0.2) is 17.9 Å². The van der Waals surface area contributed by atoms with Crippen molar-refractivity contribution >= 4 is 22.1 Å². The number of amides is 2. The van der Waals surface area contributed by atoms with E-state index >= 15 is 0 Å². The minimum atomic E-state index is -3.39. The Morgan fingerprint density at radius 1 is 1.15 bits per heavy atom. The topological polar surface area (TPSA) is 69.7 Å². The minimum absolute atomic E-state index is 0.0240. The number of nitrogens with zero attached hydrogens (tertiary/aromatic N) is 2. The van der Waals surface area contributed by atoms with E-state index < -0.39 is 10.0 Å². The van der Waals surface area contributed by atoms with E-state index in [-0.39, 0.29) is 18.1 Å². The molecule has 2 amide bonds. The van der Waals surface area contributed by atoms with Gasteiger partial charge in [0.05, 0.1) is 12.3 Å². The molecule has 0 aromatic heterocycles. The van der Waals surface area contributed by atoms with Crippen molar-refractivity contribution in [1.82, 2.24) is 14.5 Å². The van der Waals surface area contributed by atoms with Crippen molar-refractivity contribution < 1.29 is 13.2 Å². The molecule has 174 valence electrons. The average Bonchev–Trinajstić information content (AvgIpc) is 3.13. The maximum atomic E-state index is 13.2. The third-order valence-corrected chi connectivity index (χ3v) is 7.27. The average molecular weight is 466 g/mol. The lowest BCUT2D eigenvalue weighted by molar-refractivity contribution is 0.101. The monoisotopic (exact) mass is 465 g/mol. The highest BCUT2D eigenvalue weighted by atomic mass is 32.2. The van der Waals surface area contributed by atoms with Crippen LogP contribution >= 0.6 is 0 Å². The van der Waals surface area contributed by atoms with Crippen LogP contribution in [-0.4, -0.2) is 62.2 Å². The van der Waals surface area contributed by atoms with Gasteiger partial charge in [0.15, 0.2) is 0 Å². The second-order valence-electron chi connectivity index (χ2n) is 8.93. The maximum absolute atomic E-state index is 13.2. The molecule has 2 aliphatic heterocycles. The number of sulfonamides is 1. The Kier molecular flexibility index (Phi) is 6.72. The van der Waals surface area contributed by atoms with Gasteiger partial charge in [-0.2, -0.15) is 0 Å². The summed E-state index contributed by atoms with van der Waals surface area (Å²) in [5.41, 5.74) is 4.28. The molecular weight excluding hydrogens is 434 g/mol. The molecule has 0 radical (unpaired) electrons. The largest absolute Gasteiger partial charge is 0.323 e. The van der Waals surface area contributed by atoms with Crippen molar-refractivity contribution in [1.29, 1.82) is 0 Å². The predicted molar refractivity (Wildman–Crippen MR) is 133 cm³/mol. The lowest BCUT2D eigenvalue weighted by Crippen LogP contribution is -2.57. The number of hydrogen-bond acceptors (Lipinski definition) is 3. The number of nitrogens with one attached hydrogen (secondary N) is 1. The molecule has 1 N–H and O–H groups in total. The first kappa shape index (κ1) is 23.3. The fourth-order valence-corrected chi connectivity index (χ4v) is 5.63. The second-order valence-corrected chi connectivity index (χ2v) is 10.7. The summed E-state index contributed by atoms with van der Waals surface area (Å²) in [6.07, 6.45) is 6.06. The lowest BCUT2D eigenvalue weighted by Gasteiger charge is -2.41. The summed E-state index contributed by atoms with van der Waals surface area (Å²) >= 11 is 0. The van der Waals surface area contributed by atoms with E-state index in [1.54, 1.807) is 0 Å². The fourth-order valence-electron chi connectivity index (χ4n) is 4.80. The van der Waals surface area contributed by atoms with Crippen LogP contribution in [0.2, 0.25) is 0 Å². The summed E-state index contributed by atoms with van der Waals surface area (Å²) in [6, 6.07) is 15.7.